The van der Waals surface area contributed by atoms with Crippen molar-refractivity contribution >= 4 is 51.1 Å². The van der Waals surface area contributed by atoms with Gasteiger partial charge in [-0.1, -0.05) is 41.0 Å². The summed E-state index contributed by atoms with van der Waals surface area (Å²) in [6, 6.07) is 7.88. The molecule has 16 heteroatoms. The number of rotatable bonds is 10. The molecule has 6 heterocycles. The number of aliphatic hydroxyl groups is 1. The Bertz CT molecular complexity index is 2290. The highest BCUT2D eigenvalue weighted by Gasteiger charge is 2.49. The van der Waals surface area contributed by atoms with Gasteiger partial charge in [-0.3, -0.25) is 14.7 Å². The third-order valence-corrected chi connectivity index (χ3v) is 11.0. The number of ether oxygens (including phenoxy) is 1. The van der Waals surface area contributed by atoms with E-state index >= 15 is 4.39 Å². The molecule has 0 spiro atoms. The van der Waals surface area contributed by atoms with Gasteiger partial charge in [-0.2, -0.15) is 15.0 Å². The first-order chi connectivity index (χ1) is 25.8. The molecule has 3 aromatic heterocycles. The maximum Gasteiger partial charge on any atom is 0.319 e. The van der Waals surface area contributed by atoms with Crippen LogP contribution in [0.1, 0.15) is 44.8 Å². The number of anilines is 1. The van der Waals surface area contributed by atoms with Gasteiger partial charge in [0.25, 0.3) is 5.89 Å². The van der Waals surface area contributed by atoms with Gasteiger partial charge in [-0.25, -0.2) is 13.2 Å². The number of hydrogen-bond acceptors (Lipinski definition) is 11. The number of pyridine rings is 1. The maximum absolute atomic E-state index is 16.8. The van der Waals surface area contributed by atoms with Crippen LogP contribution in [0.25, 0.3) is 39.0 Å². The minimum absolute atomic E-state index is 0.0451. The van der Waals surface area contributed by atoms with Crippen LogP contribution in [0.2, 0.25) is 5.02 Å². The number of nitrogens with zero attached hydrogens (tertiary/aromatic N) is 8. The first-order valence-electron chi connectivity index (χ1n) is 17.8. The fourth-order valence-electron chi connectivity index (χ4n) is 7.86. The molecule has 2 atom stereocenters. The number of aromatic nitrogens is 5. The summed E-state index contributed by atoms with van der Waals surface area (Å²) in [7, 11) is 1.81. The zero-order chi connectivity index (χ0) is 37.9. The van der Waals surface area contributed by atoms with Gasteiger partial charge in [0.05, 0.1) is 15.9 Å². The van der Waals surface area contributed by atoms with Crippen molar-refractivity contribution in [2.24, 2.45) is 5.92 Å². The summed E-state index contributed by atoms with van der Waals surface area (Å²) >= 11 is 6.41. The molecular formula is C38H38ClF3N8O4. The molecule has 0 saturated carbocycles. The number of carbonyl (C=O) groups excluding carboxylic acids is 1. The summed E-state index contributed by atoms with van der Waals surface area (Å²) in [5.74, 6) is -0.993. The molecule has 1 unspecified atom stereocenters. The summed E-state index contributed by atoms with van der Waals surface area (Å²) in [5.41, 5.74) is -1.56. The zero-order valence-corrected chi connectivity index (χ0v) is 30.7. The van der Waals surface area contributed by atoms with E-state index in [9.17, 15) is 18.7 Å². The summed E-state index contributed by atoms with van der Waals surface area (Å²) in [4.78, 5) is 36.3. The van der Waals surface area contributed by atoms with Crippen LogP contribution in [-0.2, 0) is 10.4 Å². The Morgan fingerprint density at radius 2 is 2.00 bits per heavy atom. The Morgan fingerprint density at radius 1 is 1.19 bits per heavy atom. The molecule has 54 heavy (non-hydrogen) atoms. The summed E-state index contributed by atoms with van der Waals surface area (Å²) in [6.07, 6.45) is 5.32. The number of amides is 1. The predicted molar refractivity (Wildman–Crippen MR) is 196 cm³/mol. The second-order valence-electron chi connectivity index (χ2n) is 15.0. The lowest BCUT2D eigenvalue weighted by atomic mass is 9.95. The average Bonchev–Trinajstić information content (AvgIpc) is 3.84. The number of benzene rings is 2. The zero-order valence-electron chi connectivity index (χ0n) is 29.9. The van der Waals surface area contributed by atoms with Crippen molar-refractivity contribution < 1.29 is 32.3 Å². The number of fused-ring (bicyclic) bond motifs is 3. The highest BCUT2D eigenvalue weighted by Crippen LogP contribution is 2.41. The fourth-order valence-corrected chi connectivity index (χ4v) is 8.13. The van der Waals surface area contributed by atoms with Gasteiger partial charge in [0.2, 0.25) is 11.7 Å². The fraction of sp³-hybridized carbons (Fsp3) is 0.421. The van der Waals surface area contributed by atoms with Crippen LogP contribution in [0, 0.1) is 17.6 Å². The average molecular weight is 763 g/mol. The molecule has 0 radical (unpaired) electrons. The number of alkyl halides is 1. The maximum atomic E-state index is 16.8. The smallest absolute Gasteiger partial charge is 0.319 e. The third kappa shape index (κ3) is 6.62. The lowest BCUT2D eigenvalue weighted by molar-refractivity contribution is -0.131. The molecule has 0 aliphatic carbocycles. The normalized spacial score (nSPS) is 20.7. The molecule has 5 aromatic rings. The van der Waals surface area contributed by atoms with E-state index in [1.807, 2.05) is 11.9 Å². The van der Waals surface area contributed by atoms with E-state index in [-0.39, 0.29) is 52.4 Å². The lowest BCUT2D eigenvalue weighted by Gasteiger charge is -2.40. The van der Waals surface area contributed by atoms with Crippen LogP contribution in [0.15, 0.2) is 47.1 Å². The van der Waals surface area contributed by atoms with Crippen LogP contribution in [0.3, 0.4) is 0 Å². The molecule has 0 bridgehead atoms. The van der Waals surface area contributed by atoms with Crippen LogP contribution in [0.4, 0.5) is 19.0 Å². The molecule has 3 saturated heterocycles. The van der Waals surface area contributed by atoms with E-state index in [0.29, 0.717) is 60.1 Å². The van der Waals surface area contributed by atoms with Gasteiger partial charge in [-0.05, 0) is 44.7 Å². The van der Waals surface area contributed by atoms with Crippen molar-refractivity contribution in [1.29, 1.82) is 0 Å². The molecule has 282 valence electrons. The Hall–Kier alpha value is -4.86. The van der Waals surface area contributed by atoms with Crippen molar-refractivity contribution in [1.82, 2.24) is 34.9 Å². The number of halogens is 4. The number of likely N-dealkylation sites (tertiary alicyclic amines) is 1. The highest BCUT2D eigenvalue weighted by molar-refractivity contribution is 6.36. The molecule has 3 fully saturated rings. The minimum atomic E-state index is -1.28. The van der Waals surface area contributed by atoms with E-state index in [1.165, 1.54) is 38.3 Å². The monoisotopic (exact) mass is 762 g/mol. The standard InChI is InChI=1S/C38H38ClF3N8O4/c1-37(2,52)35-44-27(54-47-35)10-11-28(51)49-17-21(18-49)16-48(3)34-25-15-43-32(24-7-4-6-22-8-9-26(41)30(39)29(22)24)31(42)33(25)45-36(46-34)53-20-38-12-5-13-50(38)19-23(40)14-38/h4,6-11,15,21,23,52H,5,12-14,16-20H2,1-3H3/b11-10+/t23-,38?/m1/s1. The molecule has 8 rings (SSSR count). The molecule has 2 aromatic carbocycles. The largest absolute Gasteiger partial charge is 0.461 e. The molecule has 3 aliphatic rings. The van der Waals surface area contributed by atoms with Crippen LogP contribution < -0.4 is 9.64 Å². The molecule has 1 amide bonds. The van der Waals surface area contributed by atoms with E-state index in [4.69, 9.17) is 25.8 Å². The van der Waals surface area contributed by atoms with Crippen molar-refractivity contribution in [3.8, 4) is 17.3 Å². The van der Waals surface area contributed by atoms with Crippen molar-refractivity contribution in [2.75, 3.05) is 51.3 Å². The summed E-state index contributed by atoms with van der Waals surface area (Å²) in [5, 5.41) is 14.9. The number of hydrogen-bond donors (Lipinski definition) is 1. The Kier molecular flexibility index (Phi) is 9.21. The van der Waals surface area contributed by atoms with Gasteiger partial charge < -0.3 is 24.2 Å². The summed E-state index contributed by atoms with van der Waals surface area (Å²) in [6.45, 7) is 5.71. The van der Waals surface area contributed by atoms with Crippen molar-refractivity contribution in [3.05, 3.63) is 71.0 Å². The quantitative estimate of drug-likeness (QED) is 0.169. The number of carbonyl (C=O) groups is 1. The minimum Gasteiger partial charge on any atom is -0.461 e. The van der Waals surface area contributed by atoms with Crippen molar-refractivity contribution in [3.63, 3.8) is 0 Å². The van der Waals surface area contributed by atoms with E-state index in [2.05, 4.69) is 25.0 Å². The van der Waals surface area contributed by atoms with Crippen LogP contribution >= 0.6 is 11.6 Å². The van der Waals surface area contributed by atoms with E-state index in [1.54, 1.807) is 29.2 Å². The van der Waals surface area contributed by atoms with Gasteiger partial charge in [0.1, 0.15) is 41.2 Å². The van der Waals surface area contributed by atoms with Crippen LogP contribution in [-0.4, -0.2) is 104 Å². The second-order valence-corrected chi connectivity index (χ2v) is 15.4. The first-order valence-corrected chi connectivity index (χ1v) is 18.2. The molecule has 3 aliphatic heterocycles. The Balaban J connectivity index is 1.07. The van der Waals surface area contributed by atoms with E-state index < -0.39 is 28.9 Å². The van der Waals surface area contributed by atoms with E-state index in [0.717, 1.165) is 19.4 Å². The SMILES string of the molecule is CN(CC1CN(C(=O)/C=C/c2nc(C(C)(C)O)no2)C1)c1nc(OCC23CCCN2C[C@H](F)C3)nc2c(F)c(-c3cccc4ccc(F)c(Cl)c34)ncc12. The lowest BCUT2D eigenvalue weighted by Crippen LogP contribution is -2.53. The predicted octanol–water partition coefficient (Wildman–Crippen LogP) is 5.95. The summed E-state index contributed by atoms with van der Waals surface area (Å²) < 4.78 is 57.3. The first kappa shape index (κ1) is 36.1. The molecule has 1 N–H and O–H groups in total. The van der Waals surface area contributed by atoms with Gasteiger partial charge >= 0.3 is 6.01 Å². The molecule has 12 nitrogen and oxygen atoms in total. The van der Waals surface area contributed by atoms with Gasteiger partial charge in [0.15, 0.2) is 5.82 Å². The highest BCUT2D eigenvalue weighted by atomic mass is 35.5. The van der Waals surface area contributed by atoms with Gasteiger partial charge in [0, 0.05) is 74.9 Å². The Morgan fingerprint density at radius 3 is 2.78 bits per heavy atom. The van der Waals surface area contributed by atoms with Crippen LogP contribution in [0.5, 0.6) is 6.01 Å². The Labute approximate surface area is 313 Å². The van der Waals surface area contributed by atoms with Crippen molar-refractivity contribution in [2.45, 2.75) is 50.4 Å². The van der Waals surface area contributed by atoms with Gasteiger partial charge in [-0.15, -0.1) is 0 Å². The third-order valence-electron chi connectivity index (χ3n) is 10.6. The molecular weight excluding hydrogens is 725 g/mol. The topological polar surface area (TPSA) is 134 Å². The second kappa shape index (κ2) is 13.8.